The topological polar surface area (TPSA) is 12.0 Å². The van der Waals surface area contributed by atoms with Crippen molar-refractivity contribution in [2.24, 2.45) is 5.92 Å². The van der Waals surface area contributed by atoms with E-state index in [0.717, 1.165) is 6.42 Å². The molecule has 1 rings (SSSR count). The van der Waals surface area contributed by atoms with E-state index in [1.54, 1.807) is 0 Å². The van der Waals surface area contributed by atoms with Crippen molar-refractivity contribution in [2.45, 2.75) is 44.8 Å². The highest BCUT2D eigenvalue weighted by molar-refractivity contribution is 4.78. The molecule has 1 aliphatic carbocycles. The Hall–Kier alpha value is -0.110. The van der Waals surface area contributed by atoms with E-state index in [1.165, 1.54) is 19.3 Å². The summed E-state index contributed by atoms with van der Waals surface area (Å²) < 4.78 is 13.2. The maximum Gasteiger partial charge on any atom is 0.115 e. The molecule has 2 atom stereocenters. The highest BCUT2D eigenvalue weighted by Crippen LogP contribution is 2.31. The van der Waals surface area contributed by atoms with Crippen LogP contribution in [0.15, 0.2) is 0 Å². The SMILES string of the molecule is CNC(C)C(F)CC1CCC1. The Bertz CT molecular complexity index is 112. The van der Waals surface area contributed by atoms with Crippen molar-refractivity contribution in [3.63, 3.8) is 0 Å². The summed E-state index contributed by atoms with van der Waals surface area (Å²) in [4.78, 5) is 0. The Morgan fingerprint density at radius 3 is 2.55 bits per heavy atom. The second kappa shape index (κ2) is 4.05. The van der Waals surface area contributed by atoms with Crippen molar-refractivity contribution in [2.75, 3.05) is 7.05 Å². The molecule has 66 valence electrons. The largest absolute Gasteiger partial charge is 0.314 e. The number of nitrogens with one attached hydrogen (secondary N) is 1. The van der Waals surface area contributed by atoms with Crippen LogP contribution in [0.1, 0.15) is 32.6 Å². The van der Waals surface area contributed by atoms with Crippen LogP contribution in [0.2, 0.25) is 0 Å². The number of halogens is 1. The second-order valence-corrected chi connectivity index (χ2v) is 3.63. The molecule has 2 heteroatoms. The summed E-state index contributed by atoms with van der Waals surface area (Å²) in [7, 11) is 1.82. The van der Waals surface area contributed by atoms with Gasteiger partial charge in [0.1, 0.15) is 6.17 Å². The van der Waals surface area contributed by atoms with E-state index in [-0.39, 0.29) is 6.04 Å². The van der Waals surface area contributed by atoms with Crippen molar-refractivity contribution in [1.82, 2.24) is 5.32 Å². The maximum absolute atomic E-state index is 13.2. The van der Waals surface area contributed by atoms with E-state index >= 15 is 0 Å². The molecule has 0 aromatic rings. The predicted molar refractivity (Wildman–Crippen MR) is 45.4 cm³/mol. The maximum atomic E-state index is 13.2. The highest BCUT2D eigenvalue weighted by atomic mass is 19.1. The summed E-state index contributed by atoms with van der Waals surface area (Å²) in [6.07, 6.45) is 3.92. The van der Waals surface area contributed by atoms with Crippen molar-refractivity contribution < 1.29 is 4.39 Å². The summed E-state index contributed by atoms with van der Waals surface area (Å²) in [6.45, 7) is 1.91. The van der Waals surface area contributed by atoms with Gasteiger partial charge >= 0.3 is 0 Å². The van der Waals surface area contributed by atoms with E-state index in [1.807, 2.05) is 14.0 Å². The first-order valence-corrected chi connectivity index (χ1v) is 4.55. The van der Waals surface area contributed by atoms with E-state index < -0.39 is 6.17 Å². The zero-order chi connectivity index (χ0) is 8.27. The van der Waals surface area contributed by atoms with Crippen molar-refractivity contribution in [1.29, 1.82) is 0 Å². The quantitative estimate of drug-likeness (QED) is 0.662. The number of hydrogen-bond acceptors (Lipinski definition) is 1. The van der Waals surface area contributed by atoms with Gasteiger partial charge in [0.05, 0.1) is 0 Å². The molecule has 0 aliphatic heterocycles. The first-order chi connectivity index (χ1) is 5.24. The fourth-order valence-electron chi connectivity index (χ4n) is 1.43. The average Bonchev–Trinajstić information content (AvgIpc) is 1.94. The molecule has 0 radical (unpaired) electrons. The molecular weight excluding hydrogens is 141 g/mol. The van der Waals surface area contributed by atoms with Gasteiger partial charge in [0.2, 0.25) is 0 Å². The van der Waals surface area contributed by atoms with Gasteiger partial charge in [-0.25, -0.2) is 4.39 Å². The van der Waals surface area contributed by atoms with Gasteiger partial charge in [-0.1, -0.05) is 19.3 Å². The third-order valence-corrected chi connectivity index (χ3v) is 2.78. The van der Waals surface area contributed by atoms with Gasteiger partial charge in [-0.2, -0.15) is 0 Å². The van der Waals surface area contributed by atoms with Crippen LogP contribution in [-0.4, -0.2) is 19.3 Å². The molecule has 1 N–H and O–H groups in total. The Labute approximate surface area is 68.4 Å². The summed E-state index contributed by atoms with van der Waals surface area (Å²) >= 11 is 0. The van der Waals surface area contributed by atoms with E-state index in [2.05, 4.69) is 5.32 Å². The molecule has 0 spiro atoms. The molecule has 11 heavy (non-hydrogen) atoms. The molecule has 0 bridgehead atoms. The summed E-state index contributed by atoms with van der Waals surface area (Å²) in [5, 5.41) is 2.94. The number of rotatable bonds is 4. The summed E-state index contributed by atoms with van der Waals surface area (Å²) in [5.41, 5.74) is 0. The minimum atomic E-state index is -0.648. The van der Waals surface area contributed by atoms with E-state index in [0.29, 0.717) is 5.92 Å². The molecule has 1 aliphatic rings. The van der Waals surface area contributed by atoms with Crippen LogP contribution in [0.25, 0.3) is 0 Å². The van der Waals surface area contributed by atoms with Crippen molar-refractivity contribution >= 4 is 0 Å². The normalized spacial score (nSPS) is 24.3. The van der Waals surface area contributed by atoms with E-state index in [4.69, 9.17) is 0 Å². The van der Waals surface area contributed by atoms with Crippen LogP contribution < -0.4 is 5.32 Å². The predicted octanol–water partition coefficient (Wildman–Crippen LogP) is 2.12. The van der Waals surface area contributed by atoms with Crippen LogP contribution >= 0.6 is 0 Å². The molecule has 0 heterocycles. The van der Waals surface area contributed by atoms with Gasteiger partial charge in [0.15, 0.2) is 0 Å². The Kier molecular flexibility index (Phi) is 3.31. The van der Waals surface area contributed by atoms with Crippen molar-refractivity contribution in [3.05, 3.63) is 0 Å². The zero-order valence-electron chi connectivity index (χ0n) is 7.44. The Morgan fingerprint density at radius 1 is 1.55 bits per heavy atom. The summed E-state index contributed by atoms with van der Waals surface area (Å²) in [6, 6.07) is 0.0237. The standard InChI is InChI=1S/C9H18FN/c1-7(11-2)9(10)6-8-4-3-5-8/h7-9,11H,3-6H2,1-2H3. The molecule has 0 amide bonds. The lowest BCUT2D eigenvalue weighted by atomic mass is 9.81. The fraction of sp³-hybridized carbons (Fsp3) is 1.00. The third-order valence-electron chi connectivity index (χ3n) is 2.78. The molecule has 2 unspecified atom stereocenters. The van der Waals surface area contributed by atoms with Crippen LogP contribution in [0.5, 0.6) is 0 Å². The lowest BCUT2D eigenvalue weighted by molar-refractivity contribution is 0.175. The van der Waals surface area contributed by atoms with E-state index in [9.17, 15) is 4.39 Å². The first-order valence-electron chi connectivity index (χ1n) is 4.55. The van der Waals surface area contributed by atoms with Gasteiger partial charge in [-0.15, -0.1) is 0 Å². The minimum absolute atomic E-state index is 0.0237. The van der Waals surface area contributed by atoms with Gasteiger partial charge in [0, 0.05) is 6.04 Å². The van der Waals surface area contributed by atoms with Crippen LogP contribution in [-0.2, 0) is 0 Å². The number of hydrogen-bond donors (Lipinski definition) is 1. The molecule has 1 saturated carbocycles. The molecule has 0 saturated heterocycles. The van der Waals surface area contributed by atoms with Gasteiger partial charge in [0.25, 0.3) is 0 Å². The van der Waals surface area contributed by atoms with Crippen LogP contribution in [0.3, 0.4) is 0 Å². The molecule has 1 fully saturated rings. The second-order valence-electron chi connectivity index (χ2n) is 3.63. The first kappa shape index (κ1) is 8.98. The molecule has 0 aromatic heterocycles. The lowest BCUT2D eigenvalue weighted by Gasteiger charge is -2.28. The summed E-state index contributed by atoms with van der Waals surface area (Å²) in [5.74, 6) is 0.681. The highest BCUT2D eigenvalue weighted by Gasteiger charge is 2.24. The molecule has 1 nitrogen and oxygen atoms in total. The van der Waals surface area contributed by atoms with Crippen molar-refractivity contribution in [3.8, 4) is 0 Å². The Balaban J connectivity index is 2.13. The smallest absolute Gasteiger partial charge is 0.115 e. The monoisotopic (exact) mass is 159 g/mol. The molecular formula is C9H18FN. The lowest BCUT2D eigenvalue weighted by Crippen LogP contribution is -2.34. The number of alkyl halides is 1. The van der Waals surface area contributed by atoms with Gasteiger partial charge < -0.3 is 5.32 Å². The average molecular weight is 159 g/mol. The minimum Gasteiger partial charge on any atom is -0.314 e. The zero-order valence-corrected chi connectivity index (χ0v) is 7.44. The third kappa shape index (κ3) is 2.44. The van der Waals surface area contributed by atoms with Gasteiger partial charge in [-0.3, -0.25) is 0 Å². The van der Waals surface area contributed by atoms with Crippen LogP contribution in [0, 0.1) is 5.92 Å². The van der Waals surface area contributed by atoms with Gasteiger partial charge in [-0.05, 0) is 26.3 Å². The Morgan fingerprint density at radius 2 is 2.18 bits per heavy atom. The van der Waals surface area contributed by atoms with Crippen LogP contribution in [0.4, 0.5) is 4.39 Å². The fourth-order valence-corrected chi connectivity index (χ4v) is 1.43. The molecule has 0 aromatic carbocycles.